The molecule has 0 radical (unpaired) electrons. The Morgan fingerprint density at radius 2 is 1.79 bits per heavy atom. The van der Waals surface area contributed by atoms with E-state index in [4.69, 9.17) is 4.74 Å². The van der Waals surface area contributed by atoms with E-state index in [2.05, 4.69) is 31.5 Å². The summed E-state index contributed by atoms with van der Waals surface area (Å²) in [7, 11) is 0. The first kappa shape index (κ1) is 19.1. The minimum Gasteiger partial charge on any atom is -0.439 e. The van der Waals surface area contributed by atoms with Gasteiger partial charge in [-0.15, -0.1) is 0 Å². The number of carbonyl (C=O) groups is 2. The summed E-state index contributed by atoms with van der Waals surface area (Å²) in [5.74, 6) is 0.592. The molecule has 1 saturated carbocycles. The minimum atomic E-state index is -0.314. The van der Waals surface area contributed by atoms with E-state index < -0.39 is 0 Å². The largest absolute Gasteiger partial charge is 0.439 e. The molecule has 4 rings (SSSR count). The Bertz CT molecular complexity index is 1050. The SMILES string of the molecule is O=C(Nc1cccc(C(=O)NC2CC2)c1)c1ccc(Oc2cccc(Br)c2)nc1. The second kappa shape index (κ2) is 8.45. The molecule has 0 aliphatic heterocycles. The quantitative estimate of drug-likeness (QED) is 0.564. The van der Waals surface area contributed by atoms with E-state index in [1.54, 1.807) is 36.4 Å². The lowest BCUT2D eigenvalue weighted by molar-refractivity contribution is 0.0949. The molecule has 146 valence electrons. The van der Waals surface area contributed by atoms with E-state index >= 15 is 0 Å². The molecule has 1 fully saturated rings. The third-order valence-corrected chi connectivity index (χ3v) is 4.81. The third-order valence-electron chi connectivity index (χ3n) is 4.31. The van der Waals surface area contributed by atoms with Crippen molar-refractivity contribution in [2.75, 3.05) is 5.32 Å². The van der Waals surface area contributed by atoms with Gasteiger partial charge >= 0.3 is 0 Å². The van der Waals surface area contributed by atoms with Gasteiger partial charge in [-0.2, -0.15) is 0 Å². The van der Waals surface area contributed by atoms with Crippen LogP contribution in [-0.2, 0) is 0 Å². The lowest BCUT2D eigenvalue weighted by atomic mass is 10.1. The summed E-state index contributed by atoms with van der Waals surface area (Å²) in [6.07, 6.45) is 3.50. The van der Waals surface area contributed by atoms with Gasteiger partial charge in [-0.1, -0.05) is 28.1 Å². The van der Waals surface area contributed by atoms with Crippen LogP contribution in [0, 0.1) is 0 Å². The molecule has 1 aromatic heterocycles. The summed E-state index contributed by atoms with van der Waals surface area (Å²) in [5.41, 5.74) is 1.46. The number of benzene rings is 2. The fraction of sp³-hybridized carbons (Fsp3) is 0.136. The van der Waals surface area contributed by atoms with E-state index in [-0.39, 0.29) is 17.9 Å². The predicted molar refractivity (Wildman–Crippen MR) is 113 cm³/mol. The van der Waals surface area contributed by atoms with E-state index in [0.717, 1.165) is 17.3 Å². The van der Waals surface area contributed by atoms with Crippen LogP contribution >= 0.6 is 15.9 Å². The van der Waals surface area contributed by atoms with Crippen molar-refractivity contribution in [2.24, 2.45) is 0 Å². The topological polar surface area (TPSA) is 80.3 Å². The highest BCUT2D eigenvalue weighted by Gasteiger charge is 2.23. The van der Waals surface area contributed by atoms with Gasteiger partial charge in [0.25, 0.3) is 11.8 Å². The number of aromatic nitrogens is 1. The van der Waals surface area contributed by atoms with E-state index in [9.17, 15) is 9.59 Å². The molecule has 0 unspecified atom stereocenters. The van der Waals surface area contributed by atoms with Gasteiger partial charge in [0, 0.05) is 34.0 Å². The zero-order valence-electron chi connectivity index (χ0n) is 15.4. The monoisotopic (exact) mass is 451 g/mol. The summed E-state index contributed by atoms with van der Waals surface area (Å²) < 4.78 is 6.58. The van der Waals surface area contributed by atoms with Gasteiger partial charge in [0.1, 0.15) is 5.75 Å². The Labute approximate surface area is 176 Å². The normalized spacial score (nSPS) is 12.9. The maximum atomic E-state index is 12.5. The number of nitrogens with one attached hydrogen (secondary N) is 2. The molecule has 0 bridgehead atoms. The Morgan fingerprint density at radius 3 is 2.52 bits per heavy atom. The highest BCUT2D eigenvalue weighted by atomic mass is 79.9. The fourth-order valence-corrected chi connectivity index (χ4v) is 3.04. The van der Waals surface area contributed by atoms with Crippen LogP contribution in [0.25, 0.3) is 0 Å². The van der Waals surface area contributed by atoms with Crippen molar-refractivity contribution in [3.05, 3.63) is 82.5 Å². The number of carbonyl (C=O) groups excluding carboxylic acids is 2. The second-order valence-electron chi connectivity index (χ2n) is 6.73. The van der Waals surface area contributed by atoms with Crippen molar-refractivity contribution < 1.29 is 14.3 Å². The molecule has 2 amide bonds. The minimum absolute atomic E-state index is 0.126. The maximum absolute atomic E-state index is 12.5. The molecule has 6 nitrogen and oxygen atoms in total. The Kier molecular flexibility index (Phi) is 5.57. The molecule has 1 aliphatic carbocycles. The first-order chi connectivity index (χ1) is 14.1. The molecule has 2 aromatic carbocycles. The van der Waals surface area contributed by atoms with Crippen LogP contribution < -0.4 is 15.4 Å². The van der Waals surface area contributed by atoms with Crippen LogP contribution in [0.3, 0.4) is 0 Å². The van der Waals surface area contributed by atoms with Crippen molar-refractivity contribution in [3.63, 3.8) is 0 Å². The number of ether oxygens (including phenoxy) is 1. The fourth-order valence-electron chi connectivity index (χ4n) is 2.66. The number of anilines is 1. The molecule has 29 heavy (non-hydrogen) atoms. The molecular weight excluding hydrogens is 434 g/mol. The number of halogens is 1. The molecule has 0 saturated heterocycles. The van der Waals surface area contributed by atoms with Gasteiger partial charge in [-0.05, 0) is 55.3 Å². The zero-order chi connectivity index (χ0) is 20.2. The van der Waals surface area contributed by atoms with Gasteiger partial charge in [-0.25, -0.2) is 4.98 Å². The Balaban J connectivity index is 1.40. The van der Waals surface area contributed by atoms with Crippen LogP contribution in [0.15, 0.2) is 71.3 Å². The van der Waals surface area contributed by atoms with Crippen molar-refractivity contribution in [1.29, 1.82) is 0 Å². The molecule has 1 heterocycles. The molecule has 7 heteroatoms. The van der Waals surface area contributed by atoms with Gasteiger partial charge in [0.15, 0.2) is 0 Å². The third kappa shape index (κ3) is 5.20. The number of hydrogen-bond donors (Lipinski definition) is 2. The summed E-state index contributed by atoms with van der Waals surface area (Å²) in [5, 5.41) is 5.73. The summed E-state index contributed by atoms with van der Waals surface area (Å²) >= 11 is 3.39. The lowest BCUT2D eigenvalue weighted by Gasteiger charge is -2.09. The van der Waals surface area contributed by atoms with Crippen molar-refractivity contribution in [2.45, 2.75) is 18.9 Å². The number of amides is 2. The van der Waals surface area contributed by atoms with Gasteiger partial charge in [0.05, 0.1) is 5.56 Å². The summed E-state index contributed by atoms with van der Waals surface area (Å²) in [6, 6.07) is 17.8. The van der Waals surface area contributed by atoms with Crippen molar-refractivity contribution >= 4 is 33.4 Å². The average molecular weight is 452 g/mol. The molecule has 0 spiro atoms. The Hall–Kier alpha value is -3.19. The Morgan fingerprint density at radius 1 is 0.966 bits per heavy atom. The first-order valence-electron chi connectivity index (χ1n) is 9.18. The smallest absolute Gasteiger partial charge is 0.257 e. The van der Waals surface area contributed by atoms with Crippen LogP contribution in [0.2, 0.25) is 0 Å². The van der Waals surface area contributed by atoms with Crippen LogP contribution in [0.1, 0.15) is 33.6 Å². The molecule has 2 N–H and O–H groups in total. The van der Waals surface area contributed by atoms with Crippen LogP contribution in [0.4, 0.5) is 5.69 Å². The first-order valence-corrected chi connectivity index (χ1v) is 9.98. The van der Waals surface area contributed by atoms with Crippen LogP contribution in [0.5, 0.6) is 11.6 Å². The number of rotatable bonds is 6. The molecule has 0 atom stereocenters. The molecule has 1 aliphatic rings. The highest BCUT2D eigenvalue weighted by Crippen LogP contribution is 2.23. The number of hydrogen-bond acceptors (Lipinski definition) is 4. The van der Waals surface area contributed by atoms with Crippen LogP contribution in [-0.4, -0.2) is 22.8 Å². The van der Waals surface area contributed by atoms with Gasteiger partial charge in [-0.3, -0.25) is 9.59 Å². The lowest BCUT2D eigenvalue weighted by Crippen LogP contribution is -2.25. The number of nitrogens with zero attached hydrogens (tertiary/aromatic N) is 1. The summed E-state index contributed by atoms with van der Waals surface area (Å²) in [4.78, 5) is 28.8. The zero-order valence-corrected chi connectivity index (χ0v) is 17.0. The molecular formula is C22H18BrN3O3. The highest BCUT2D eigenvalue weighted by molar-refractivity contribution is 9.10. The van der Waals surface area contributed by atoms with Gasteiger partial charge in [0.2, 0.25) is 5.88 Å². The van der Waals surface area contributed by atoms with E-state index in [1.165, 1.54) is 6.20 Å². The van der Waals surface area contributed by atoms with Crippen molar-refractivity contribution in [1.82, 2.24) is 10.3 Å². The standard InChI is InChI=1S/C22H18BrN3O3/c23-16-4-2-6-19(12-16)29-20-10-7-15(13-24-20)22(28)26-18-5-1-3-14(11-18)21(27)25-17-8-9-17/h1-7,10-13,17H,8-9H2,(H,25,27)(H,26,28). The maximum Gasteiger partial charge on any atom is 0.257 e. The second-order valence-corrected chi connectivity index (χ2v) is 7.64. The van der Waals surface area contributed by atoms with Gasteiger partial charge < -0.3 is 15.4 Å². The number of pyridine rings is 1. The van der Waals surface area contributed by atoms with E-state index in [1.807, 2.05) is 24.3 Å². The summed E-state index contributed by atoms with van der Waals surface area (Å²) in [6.45, 7) is 0. The molecule has 3 aromatic rings. The average Bonchev–Trinajstić information content (AvgIpc) is 3.53. The van der Waals surface area contributed by atoms with E-state index in [0.29, 0.717) is 28.4 Å². The van der Waals surface area contributed by atoms with Crippen molar-refractivity contribution in [3.8, 4) is 11.6 Å². The predicted octanol–water partition coefficient (Wildman–Crippen LogP) is 4.78.